The van der Waals surface area contributed by atoms with Gasteiger partial charge in [-0.2, -0.15) is 0 Å². The van der Waals surface area contributed by atoms with Crippen LogP contribution in [-0.4, -0.2) is 9.78 Å². The fraction of sp³-hybridized carbons (Fsp3) is 0.250. The lowest BCUT2D eigenvalue weighted by atomic mass is 10.0. The lowest BCUT2D eigenvalue weighted by molar-refractivity contribution is 0.742. The van der Waals surface area contributed by atoms with E-state index in [1.165, 1.54) is 15.8 Å². The van der Waals surface area contributed by atoms with E-state index in [1.54, 1.807) is 13.1 Å². The maximum Gasteiger partial charge on any atom is 0.266 e. The fourth-order valence-electron chi connectivity index (χ4n) is 1.55. The Hall–Kier alpha value is -1.77. The van der Waals surface area contributed by atoms with Crippen molar-refractivity contribution in [2.45, 2.75) is 13.8 Å². The molecule has 0 aliphatic heterocycles. The largest absolute Gasteiger partial charge is 0.295 e. The Morgan fingerprint density at radius 2 is 1.87 bits per heavy atom. The maximum atomic E-state index is 11.3. The van der Waals surface area contributed by atoms with E-state index in [0.717, 1.165) is 11.3 Å². The zero-order valence-electron chi connectivity index (χ0n) is 9.16. The van der Waals surface area contributed by atoms with E-state index in [2.05, 4.69) is 31.1 Å². The third kappa shape index (κ3) is 1.73. The summed E-state index contributed by atoms with van der Waals surface area (Å²) in [5, 5.41) is 3.01. The van der Waals surface area contributed by atoms with Gasteiger partial charge in [0.15, 0.2) is 0 Å². The average Bonchev–Trinajstić information content (AvgIpc) is 2.52. The highest BCUT2D eigenvalue weighted by molar-refractivity contribution is 5.60. The molecule has 0 atom stereocenters. The molecule has 0 radical (unpaired) electrons. The van der Waals surface area contributed by atoms with Crippen molar-refractivity contribution >= 4 is 0 Å². The standard InChI is InChI=1S/C12H14N2O/c1-8-4-5-10(6-9(8)2)11-7-12(15)14(3)13-11/h4-7,13H,1-3H3. The summed E-state index contributed by atoms with van der Waals surface area (Å²) in [7, 11) is 1.72. The lowest BCUT2D eigenvalue weighted by Crippen LogP contribution is -2.09. The molecular formula is C12H14N2O. The number of rotatable bonds is 1. The van der Waals surface area contributed by atoms with Crippen molar-refractivity contribution in [3.63, 3.8) is 0 Å². The third-order valence-electron chi connectivity index (χ3n) is 2.70. The highest BCUT2D eigenvalue weighted by Crippen LogP contribution is 2.18. The van der Waals surface area contributed by atoms with Gasteiger partial charge in [0.1, 0.15) is 0 Å². The van der Waals surface area contributed by atoms with E-state index in [0.29, 0.717) is 0 Å². The van der Waals surface area contributed by atoms with Crippen molar-refractivity contribution in [1.29, 1.82) is 0 Å². The van der Waals surface area contributed by atoms with Gasteiger partial charge in [-0.25, -0.2) is 0 Å². The van der Waals surface area contributed by atoms with Crippen molar-refractivity contribution in [1.82, 2.24) is 9.78 Å². The normalized spacial score (nSPS) is 10.6. The Labute approximate surface area is 88.4 Å². The van der Waals surface area contributed by atoms with Crippen LogP contribution in [0, 0.1) is 13.8 Å². The molecule has 0 amide bonds. The molecule has 1 aromatic heterocycles. The van der Waals surface area contributed by atoms with Crippen molar-refractivity contribution in [2.24, 2.45) is 7.05 Å². The minimum Gasteiger partial charge on any atom is -0.295 e. The molecule has 0 unspecified atom stereocenters. The molecule has 15 heavy (non-hydrogen) atoms. The van der Waals surface area contributed by atoms with Gasteiger partial charge < -0.3 is 0 Å². The molecule has 2 aromatic rings. The molecule has 3 heteroatoms. The van der Waals surface area contributed by atoms with E-state index >= 15 is 0 Å². The third-order valence-corrected chi connectivity index (χ3v) is 2.70. The Morgan fingerprint density at radius 1 is 1.13 bits per heavy atom. The minimum atomic E-state index is -0.0109. The summed E-state index contributed by atoms with van der Waals surface area (Å²) in [5.74, 6) is 0. The highest BCUT2D eigenvalue weighted by Gasteiger charge is 2.03. The summed E-state index contributed by atoms with van der Waals surface area (Å²) in [6, 6.07) is 7.79. The molecule has 0 aliphatic rings. The molecule has 2 rings (SSSR count). The van der Waals surface area contributed by atoms with Crippen LogP contribution in [0.1, 0.15) is 11.1 Å². The van der Waals surface area contributed by atoms with E-state index in [-0.39, 0.29) is 5.56 Å². The number of aromatic nitrogens is 2. The number of H-pyrrole nitrogens is 1. The van der Waals surface area contributed by atoms with Gasteiger partial charge in [0.2, 0.25) is 0 Å². The summed E-state index contributed by atoms with van der Waals surface area (Å²) in [6.07, 6.45) is 0. The van der Waals surface area contributed by atoms with Crippen LogP contribution in [-0.2, 0) is 7.05 Å². The first-order valence-corrected chi connectivity index (χ1v) is 4.91. The Bertz CT molecular complexity index is 549. The SMILES string of the molecule is Cc1ccc(-c2cc(=O)n(C)[nH]2)cc1C. The number of hydrogen-bond acceptors (Lipinski definition) is 1. The number of aromatic amines is 1. The molecule has 1 N–H and O–H groups in total. The second-order valence-electron chi connectivity index (χ2n) is 3.87. The van der Waals surface area contributed by atoms with Gasteiger partial charge in [-0.1, -0.05) is 12.1 Å². The number of nitrogens with zero attached hydrogens (tertiary/aromatic N) is 1. The van der Waals surface area contributed by atoms with Crippen LogP contribution >= 0.6 is 0 Å². The van der Waals surface area contributed by atoms with Gasteiger partial charge in [0.25, 0.3) is 5.56 Å². The van der Waals surface area contributed by atoms with E-state index in [9.17, 15) is 4.79 Å². The fourth-order valence-corrected chi connectivity index (χ4v) is 1.55. The molecule has 0 bridgehead atoms. The van der Waals surface area contributed by atoms with Gasteiger partial charge >= 0.3 is 0 Å². The average molecular weight is 202 g/mol. The summed E-state index contributed by atoms with van der Waals surface area (Å²) in [5.41, 5.74) is 4.40. The van der Waals surface area contributed by atoms with Crippen molar-refractivity contribution in [3.05, 3.63) is 45.7 Å². The summed E-state index contributed by atoms with van der Waals surface area (Å²) in [6.45, 7) is 4.15. The topological polar surface area (TPSA) is 37.8 Å². The number of benzene rings is 1. The van der Waals surface area contributed by atoms with Crippen molar-refractivity contribution < 1.29 is 0 Å². The molecule has 0 spiro atoms. The van der Waals surface area contributed by atoms with Gasteiger partial charge in [0.05, 0.1) is 5.69 Å². The van der Waals surface area contributed by atoms with E-state index in [4.69, 9.17) is 0 Å². The minimum absolute atomic E-state index is 0.0109. The lowest BCUT2D eigenvalue weighted by Gasteiger charge is -2.02. The Kier molecular flexibility index (Phi) is 2.23. The number of hydrogen-bond donors (Lipinski definition) is 1. The monoisotopic (exact) mass is 202 g/mol. The summed E-state index contributed by atoms with van der Waals surface area (Å²) < 4.78 is 1.48. The van der Waals surface area contributed by atoms with Gasteiger partial charge in [-0.15, -0.1) is 0 Å². The maximum absolute atomic E-state index is 11.3. The molecule has 1 aromatic carbocycles. The quantitative estimate of drug-likeness (QED) is 0.754. The van der Waals surface area contributed by atoms with Crippen LogP contribution in [0.5, 0.6) is 0 Å². The van der Waals surface area contributed by atoms with E-state index in [1.807, 2.05) is 6.07 Å². The van der Waals surface area contributed by atoms with Crippen LogP contribution in [0.25, 0.3) is 11.3 Å². The Balaban J connectivity index is 2.54. The zero-order valence-corrected chi connectivity index (χ0v) is 9.16. The zero-order chi connectivity index (χ0) is 11.0. The predicted molar refractivity (Wildman–Crippen MR) is 60.9 cm³/mol. The smallest absolute Gasteiger partial charge is 0.266 e. The van der Waals surface area contributed by atoms with Crippen LogP contribution in [0.15, 0.2) is 29.1 Å². The summed E-state index contributed by atoms with van der Waals surface area (Å²) in [4.78, 5) is 11.3. The van der Waals surface area contributed by atoms with Gasteiger partial charge in [-0.3, -0.25) is 14.6 Å². The molecule has 1 heterocycles. The first kappa shape index (κ1) is 9.77. The summed E-state index contributed by atoms with van der Waals surface area (Å²) >= 11 is 0. The van der Waals surface area contributed by atoms with Crippen molar-refractivity contribution in [3.8, 4) is 11.3 Å². The Morgan fingerprint density at radius 3 is 2.40 bits per heavy atom. The number of aryl methyl sites for hydroxylation is 3. The molecular weight excluding hydrogens is 188 g/mol. The van der Waals surface area contributed by atoms with E-state index < -0.39 is 0 Å². The van der Waals surface area contributed by atoms with Crippen LogP contribution in [0.4, 0.5) is 0 Å². The van der Waals surface area contributed by atoms with Crippen LogP contribution in [0.2, 0.25) is 0 Å². The molecule has 0 aliphatic carbocycles. The van der Waals surface area contributed by atoms with Crippen LogP contribution in [0.3, 0.4) is 0 Å². The first-order chi connectivity index (χ1) is 7.08. The second kappa shape index (κ2) is 3.42. The molecule has 78 valence electrons. The molecule has 3 nitrogen and oxygen atoms in total. The van der Waals surface area contributed by atoms with Crippen LogP contribution < -0.4 is 5.56 Å². The predicted octanol–water partition coefficient (Wildman–Crippen LogP) is 2.00. The second-order valence-corrected chi connectivity index (χ2v) is 3.87. The molecule has 0 saturated heterocycles. The van der Waals surface area contributed by atoms with Gasteiger partial charge in [0, 0.05) is 13.1 Å². The number of nitrogens with one attached hydrogen (secondary N) is 1. The van der Waals surface area contributed by atoms with Gasteiger partial charge in [-0.05, 0) is 36.6 Å². The highest BCUT2D eigenvalue weighted by atomic mass is 16.1. The molecule has 0 saturated carbocycles. The molecule has 0 fully saturated rings. The van der Waals surface area contributed by atoms with Crippen molar-refractivity contribution in [2.75, 3.05) is 0 Å². The first-order valence-electron chi connectivity index (χ1n) is 4.91.